The van der Waals surface area contributed by atoms with Crippen LogP contribution in [0.5, 0.6) is 23.0 Å². The minimum atomic E-state index is -2.15. The molecule has 4 aliphatic rings. The van der Waals surface area contributed by atoms with E-state index in [9.17, 15) is 19.8 Å². The molecule has 0 amide bonds. The maximum absolute atomic E-state index is 13.4. The minimum Gasteiger partial charge on any atom is -0.493 e. The first-order valence-electron chi connectivity index (χ1n) is 20.3. The van der Waals surface area contributed by atoms with Crippen LogP contribution in [-0.2, 0) is 19.1 Å². The summed E-state index contributed by atoms with van der Waals surface area (Å²) in [5, 5.41) is 21.9. The van der Waals surface area contributed by atoms with Crippen LogP contribution in [0.4, 0.5) is 0 Å². The van der Waals surface area contributed by atoms with Crippen molar-refractivity contribution in [3.05, 3.63) is 95.1 Å². The lowest BCUT2D eigenvalue weighted by Crippen LogP contribution is -2.45. The molecule has 8 rings (SSSR count). The van der Waals surface area contributed by atoms with Crippen molar-refractivity contribution in [2.75, 3.05) is 27.4 Å². The van der Waals surface area contributed by atoms with Crippen molar-refractivity contribution < 1.29 is 48.2 Å². The van der Waals surface area contributed by atoms with Crippen LogP contribution in [0.3, 0.4) is 0 Å². The summed E-state index contributed by atoms with van der Waals surface area (Å²) in [6.07, 6.45) is 7.08. The fraction of sp³-hybridized carbons (Fsp3) is 0.455. The SMILES string of the molecule is CCOc1cc2c(cc1OC)C(c1cncnc1)=N[C@H]1CC[C@H](OC(=O)C(O)C(O)C(=O)O[C@H]3CC[C@@H]4N=C(c5cncnc5)c5cc(OC)c(OCC)cc5[C@@H]4C3)C[C@@H]21. The Hall–Kier alpha value is -6.00. The van der Waals surface area contributed by atoms with Gasteiger partial charge in [0, 0.05) is 58.9 Å². The van der Waals surface area contributed by atoms with Gasteiger partial charge in [-0.15, -0.1) is 0 Å². The van der Waals surface area contributed by atoms with Gasteiger partial charge < -0.3 is 38.6 Å². The highest BCUT2D eigenvalue weighted by atomic mass is 16.6. The van der Waals surface area contributed by atoms with Gasteiger partial charge in [0.2, 0.25) is 0 Å². The number of benzene rings is 2. The largest absolute Gasteiger partial charge is 0.493 e. The molecule has 314 valence electrons. The van der Waals surface area contributed by atoms with Crippen molar-refractivity contribution in [1.29, 1.82) is 0 Å². The fourth-order valence-electron chi connectivity index (χ4n) is 8.95. The third kappa shape index (κ3) is 8.00. The summed E-state index contributed by atoms with van der Waals surface area (Å²) in [5.74, 6) is -0.280. The lowest BCUT2D eigenvalue weighted by Gasteiger charge is -2.39. The summed E-state index contributed by atoms with van der Waals surface area (Å²) in [7, 11) is 3.15. The van der Waals surface area contributed by atoms with E-state index in [1.54, 1.807) is 39.0 Å². The zero-order valence-electron chi connectivity index (χ0n) is 33.9. The Morgan fingerprint density at radius 3 is 1.38 bits per heavy atom. The quantitative estimate of drug-likeness (QED) is 0.181. The number of methoxy groups -OCH3 is 2. The van der Waals surface area contributed by atoms with Crippen molar-refractivity contribution >= 4 is 23.4 Å². The third-order valence-corrected chi connectivity index (χ3v) is 11.7. The normalized spacial score (nSPS) is 23.8. The number of aliphatic hydroxyl groups is 2. The average Bonchev–Trinajstić information content (AvgIpc) is 3.28. The number of hydrogen-bond donors (Lipinski definition) is 2. The molecule has 16 nitrogen and oxygen atoms in total. The zero-order valence-corrected chi connectivity index (χ0v) is 33.9. The second kappa shape index (κ2) is 17.7. The zero-order chi connectivity index (χ0) is 41.9. The number of aromatic nitrogens is 4. The van der Waals surface area contributed by atoms with Gasteiger partial charge in [-0.2, -0.15) is 0 Å². The van der Waals surface area contributed by atoms with E-state index in [2.05, 4.69) is 19.9 Å². The van der Waals surface area contributed by atoms with Crippen LogP contribution in [-0.4, -0.2) is 117 Å². The van der Waals surface area contributed by atoms with Gasteiger partial charge in [-0.25, -0.2) is 29.5 Å². The fourth-order valence-corrected chi connectivity index (χ4v) is 8.95. The van der Waals surface area contributed by atoms with Gasteiger partial charge in [-0.1, -0.05) is 0 Å². The summed E-state index contributed by atoms with van der Waals surface area (Å²) < 4.78 is 34.8. The van der Waals surface area contributed by atoms with E-state index in [4.69, 9.17) is 38.4 Å². The second-order valence-corrected chi connectivity index (χ2v) is 15.2. The Labute approximate surface area is 347 Å². The molecule has 2 aromatic heterocycles. The number of aliphatic imine (C=N–C) groups is 2. The molecule has 0 bridgehead atoms. The Bertz CT molecular complexity index is 2120. The van der Waals surface area contributed by atoms with Crippen LogP contribution >= 0.6 is 0 Å². The third-order valence-electron chi connectivity index (χ3n) is 11.7. The predicted molar refractivity (Wildman–Crippen MR) is 216 cm³/mol. The van der Waals surface area contributed by atoms with Crippen molar-refractivity contribution in [1.82, 2.24) is 19.9 Å². The van der Waals surface area contributed by atoms with Gasteiger partial charge in [0.25, 0.3) is 0 Å². The highest BCUT2D eigenvalue weighted by Crippen LogP contribution is 2.47. The summed E-state index contributed by atoms with van der Waals surface area (Å²) in [6, 6.07) is 7.40. The highest BCUT2D eigenvalue weighted by molar-refractivity contribution is 6.15. The molecular weight excluding hydrogens is 773 g/mol. The molecule has 0 spiro atoms. The molecule has 2 aliphatic carbocycles. The van der Waals surface area contributed by atoms with E-state index in [1.807, 2.05) is 38.1 Å². The van der Waals surface area contributed by atoms with Crippen molar-refractivity contribution in [3.8, 4) is 23.0 Å². The standard InChI is InChI=1S/C44H48N6O10/c1-5-57-37-13-27-29-11-25(7-9-33(29)49-39(23-17-45-21-46-18-23)31(27)15-35(37)55-3)59-43(53)41(51)42(52)44(54)60-26-8-10-34-30(12-26)28-14-38(58-6-2)36(56-4)16-32(28)40(50-34)24-19-47-22-48-20-24/h13-22,25-26,29-30,33-34,41-42,51-52H,5-12H2,1-4H3/t25-,26-,29-,30-,33-,34-,41?,42?/m0/s1. The monoisotopic (exact) mass is 820 g/mol. The Morgan fingerprint density at radius 2 is 1.02 bits per heavy atom. The number of carbonyl (C=O) groups is 2. The Morgan fingerprint density at radius 1 is 0.617 bits per heavy atom. The molecular formula is C44H48N6O10. The molecule has 16 heteroatoms. The highest BCUT2D eigenvalue weighted by Gasteiger charge is 2.43. The minimum absolute atomic E-state index is 0.139. The molecule has 2 fully saturated rings. The molecule has 2 aromatic carbocycles. The van der Waals surface area contributed by atoms with Crippen LogP contribution in [0, 0.1) is 0 Å². The van der Waals surface area contributed by atoms with E-state index < -0.39 is 36.4 Å². The molecule has 2 saturated carbocycles. The number of ether oxygens (including phenoxy) is 6. The number of esters is 2. The molecule has 0 saturated heterocycles. The smallest absolute Gasteiger partial charge is 0.338 e. The number of hydrogen-bond acceptors (Lipinski definition) is 16. The van der Waals surface area contributed by atoms with Gasteiger partial charge in [0.1, 0.15) is 24.9 Å². The molecule has 4 aromatic rings. The van der Waals surface area contributed by atoms with E-state index in [0.717, 1.165) is 44.8 Å². The molecule has 2 aliphatic heterocycles. The molecule has 8 atom stereocenters. The van der Waals surface area contributed by atoms with Crippen molar-refractivity contribution in [2.45, 2.75) is 101 Å². The van der Waals surface area contributed by atoms with Gasteiger partial charge in [0.05, 0.1) is 50.9 Å². The lowest BCUT2D eigenvalue weighted by molar-refractivity contribution is -0.180. The summed E-state index contributed by atoms with van der Waals surface area (Å²) >= 11 is 0. The Kier molecular flexibility index (Phi) is 12.0. The summed E-state index contributed by atoms with van der Waals surface area (Å²) in [6.45, 7) is 4.65. The lowest BCUT2D eigenvalue weighted by atomic mass is 9.74. The first kappa shape index (κ1) is 40.8. The van der Waals surface area contributed by atoms with Crippen molar-refractivity contribution in [3.63, 3.8) is 0 Å². The molecule has 2 N–H and O–H groups in total. The van der Waals surface area contributed by atoms with Crippen LogP contribution < -0.4 is 18.9 Å². The number of fused-ring (bicyclic) bond motifs is 6. The maximum atomic E-state index is 13.4. The van der Waals surface area contributed by atoms with Gasteiger partial charge in [-0.05, 0) is 87.8 Å². The first-order valence-corrected chi connectivity index (χ1v) is 20.3. The van der Waals surface area contributed by atoms with Gasteiger partial charge >= 0.3 is 11.9 Å². The van der Waals surface area contributed by atoms with E-state index >= 15 is 0 Å². The maximum Gasteiger partial charge on any atom is 0.338 e. The summed E-state index contributed by atoms with van der Waals surface area (Å²) in [4.78, 5) is 53.8. The first-order chi connectivity index (χ1) is 29.2. The van der Waals surface area contributed by atoms with Crippen LogP contribution in [0.25, 0.3) is 0 Å². The van der Waals surface area contributed by atoms with E-state index in [1.165, 1.54) is 12.7 Å². The molecule has 2 unspecified atom stereocenters. The van der Waals surface area contributed by atoms with Crippen LogP contribution in [0.15, 0.2) is 71.7 Å². The molecule has 4 heterocycles. The number of rotatable bonds is 13. The number of aliphatic hydroxyl groups excluding tert-OH is 2. The van der Waals surface area contributed by atoms with Gasteiger partial charge in [0.15, 0.2) is 35.2 Å². The second-order valence-electron chi connectivity index (χ2n) is 15.2. The topological polar surface area (TPSA) is 206 Å². The van der Waals surface area contributed by atoms with Crippen LogP contribution in [0.2, 0.25) is 0 Å². The van der Waals surface area contributed by atoms with Gasteiger partial charge in [-0.3, -0.25) is 9.98 Å². The van der Waals surface area contributed by atoms with Crippen LogP contribution in [0.1, 0.15) is 97.6 Å². The Balaban J connectivity index is 0.944. The number of carbonyl (C=O) groups excluding carboxylic acids is 2. The van der Waals surface area contributed by atoms with E-state index in [-0.39, 0.29) is 23.9 Å². The summed E-state index contributed by atoms with van der Waals surface area (Å²) in [5.41, 5.74) is 6.54. The van der Waals surface area contributed by atoms with E-state index in [0.29, 0.717) is 74.7 Å². The van der Waals surface area contributed by atoms with Crippen molar-refractivity contribution in [2.24, 2.45) is 9.98 Å². The number of nitrogens with zero attached hydrogens (tertiary/aromatic N) is 6. The predicted octanol–water partition coefficient (Wildman–Crippen LogP) is 4.30. The average molecular weight is 821 g/mol. The molecule has 0 radical (unpaired) electrons. The molecule has 60 heavy (non-hydrogen) atoms.